The molecular formula is C15H21N5O. The van der Waals surface area contributed by atoms with Crippen LogP contribution in [0.25, 0.3) is 0 Å². The zero-order valence-electron chi connectivity index (χ0n) is 12.7. The lowest BCUT2D eigenvalue weighted by Crippen LogP contribution is -2.26. The van der Waals surface area contributed by atoms with Gasteiger partial charge >= 0.3 is 0 Å². The first-order valence-electron chi connectivity index (χ1n) is 7.07. The first kappa shape index (κ1) is 15.0. The number of rotatable bonds is 6. The summed E-state index contributed by atoms with van der Waals surface area (Å²) in [5.74, 6) is 0.670. The average molecular weight is 287 g/mol. The summed E-state index contributed by atoms with van der Waals surface area (Å²) >= 11 is 0. The minimum absolute atomic E-state index is 0.0634. The Kier molecular flexibility index (Phi) is 4.92. The van der Waals surface area contributed by atoms with Crippen LogP contribution in [0.5, 0.6) is 0 Å². The number of nitrogens with one attached hydrogen (secondary N) is 2. The Morgan fingerprint density at radius 1 is 1.38 bits per heavy atom. The fourth-order valence-electron chi connectivity index (χ4n) is 2.11. The van der Waals surface area contributed by atoms with Crippen LogP contribution in [0.1, 0.15) is 28.7 Å². The van der Waals surface area contributed by atoms with Crippen molar-refractivity contribution < 1.29 is 4.79 Å². The van der Waals surface area contributed by atoms with Crippen LogP contribution < -0.4 is 10.6 Å². The molecule has 0 saturated carbocycles. The molecule has 1 aromatic heterocycles. The number of aromatic nitrogens is 3. The molecule has 0 radical (unpaired) electrons. The Hall–Kier alpha value is -2.37. The van der Waals surface area contributed by atoms with E-state index in [9.17, 15) is 4.79 Å². The number of hydrogen-bond acceptors (Lipinski definition) is 4. The Morgan fingerprint density at radius 2 is 2.19 bits per heavy atom. The van der Waals surface area contributed by atoms with Gasteiger partial charge in [-0.25, -0.2) is 4.98 Å². The highest BCUT2D eigenvalue weighted by atomic mass is 16.1. The van der Waals surface area contributed by atoms with Crippen LogP contribution in [-0.2, 0) is 13.5 Å². The summed E-state index contributed by atoms with van der Waals surface area (Å²) in [5.41, 5.74) is 2.69. The predicted molar refractivity (Wildman–Crippen MR) is 82.4 cm³/mol. The average Bonchev–Trinajstić information content (AvgIpc) is 2.85. The molecule has 0 atom stereocenters. The molecule has 0 bridgehead atoms. The first-order valence-corrected chi connectivity index (χ1v) is 7.07. The molecule has 0 unspecified atom stereocenters. The summed E-state index contributed by atoms with van der Waals surface area (Å²) in [6.45, 7) is 5.37. The van der Waals surface area contributed by atoms with Gasteiger partial charge in [0.25, 0.3) is 5.91 Å². The van der Waals surface area contributed by atoms with Gasteiger partial charge in [-0.3, -0.25) is 9.48 Å². The zero-order valence-corrected chi connectivity index (χ0v) is 12.7. The van der Waals surface area contributed by atoms with Crippen molar-refractivity contribution in [2.45, 2.75) is 20.3 Å². The lowest BCUT2D eigenvalue weighted by Gasteiger charge is -2.09. The topological polar surface area (TPSA) is 71.8 Å². The van der Waals surface area contributed by atoms with Crippen molar-refractivity contribution in [2.75, 3.05) is 18.4 Å². The molecule has 0 saturated heterocycles. The van der Waals surface area contributed by atoms with Gasteiger partial charge in [0.05, 0.1) is 0 Å². The number of nitrogens with zero attached hydrogens (tertiary/aromatic N) is 3. The van der Waals surface area contributed by atoms with Crippen molar-refractivity contribution >= 4 is 11.6 Å². The molecule has 1 heterocycles. The third-order valence-corrected chi connectivity index (χ3v) is 3.13. The van der Waals surface area contributed by atoms with Crippen molar-refractivity contribution in [2.24, 2.45) is 7.05 Å². The van der Waals surface area contributed by atoms with E-state index in [0.717, 1.165) is 23.6 Å². The van der Waals surface area contributed by atoms with Crippen molar-refractivity contribution in [3.63, 3.8) is 0 Å². The fraction of sp³-hybridized carbons (Fsp3) is 0.400. The SMILES string of the molecule is CCNc1ccc(C(=O)NCCc2ncn(C)n2)c(C)c1. The van der Waals surface area contributed by atoms with Crippen LogP contribution in [0, 0.1) is 6.92 Å². The zero-order chi connectivity index (χ0) is 15.2. The predicted octanol–water partition coefficient (Wildman–Crippen LogP) is 1.53. The Morgan fingerprint density at radius 3 is 2.81 bits per heavy atom. The molecule has 0 aliphatic carbocycles. The molecule has 0 aliphatic heterocycles. The number of benzene rings is 1. The molecule has 112 valence electrons. The Labute approximate surface area is 124 Å². The van der Waals surface area contributed by atoms with E-state index in [1.54, 1.807) is 11.0 Å². The summed E-state index contributed by atoms with van der Waals surface area (Å²) < 4.78 is 1.65. The number of amides is 1. The maximum Gasteiger partial charge on any atom is 0.251 e. The molecule has 0 aliphatic rings. The highest BCUT2D eigenvalue weighted by molar-refractivity contribution is 5.96. The van der Waals surface area contributed by atoms with Crippen LogP contribution in [0.4, 0.5) is 5.69 Å². The monoisotopic (exact) mass is 287 g/mol. The standard InChI is InChI=1S/C15H21N5O/c1-4-16-12-5-6-13(11(2)9-12)15(21)17-8-7-14-18-10-20(3)19-14/h5-6,9-10,16H,4,7-8H2,1-3H3,(H,17,21). The van der Waals surface area contributed by atoms with Crippen molar-refractivity contribution in [1.82, 2.24) is 20.1 Å². The van der Waals surface area contributed by atoms with E-state index in [1.165, 1.54) is 0 Å². The second-order valence-corrected chi connectivity index (χ2v) is 4.90. The van der Waals surface area contributed by atoms with Crippen LogP contribution in [0.3, 0.4) is 0 Å². The highest BCUT2D eigenvalue weighted by Gasteiger charge is 2.09. The van der Waals surface area contributed by atoms with Gasteiger partial charge in [0.15, 0.2) is 5.82 Å². The molecular weight excluding hydrogens is 266 g/mol. The normalized spacial score (nSPS) is 10.4. The minimum Gasteiger partial charge on any atom is -0.385 e. The molecule has 6 nitrogen and oxygen atoms in total. The van der Waals surface area contributed by atoms with E-state index in [1.807, 2.05) is 39.1 Å². The number of anilines is 1. The molecule has 0 fully saturated rings. The van der Waals surface area contributed by atoms with E-state index in [-0.39, 0.29) is 5.91 Å². The highest BCUT2D eigenvalue weighted by Crippen LogP contribution is 2.14. The maximum absolute atomic E-state index is 12.2. The number of carbonyl (C=O) groups excluding carboxylic acids is 1. The second kappa shape index (κ2) is 6.88. The molecule has 0 spiro atoms. The van der Waals surface area contributed by atoms with E-state index in [0.29, 0.717) is 18.5 Å². The van der Waals surface area contributed by atoms with Gasteiger partial charge in [0, 0.05) is 37.8 Å². The molecule has 1 amide bonds. The lowest BCUT2D eigenvalue weighted by atomic mass is 10.1. The lowest BCUT2D eigenvalue weighted by molar-refractivity contribution is 0.0953. The number of hydrogen-bond donors (Lipinski definition) is 2. The molecule has 6 heteroatoms. The fourth-order valence-corrected chi connectivity index (χ4v) is 2.11. The van der Waals surface area contributed by atoms with Gasteiger partial charge in [-0.1, -0.05) is 0 Å². The number of carbonyl (C=O) groups is 1. The summed E-state index contributed by atoms with van der Waals surface area (Å²) in [6, 6.07) is 5.76. The van der Waals surface area contributed by atoms with Crippen LogP contribution in [0.15, 0.2) is 24.5 Å². The Balaban J connectivity index is 1.91. The van der Waals surface area contributed by atoms with E-state index < -0.39 is 0 Å². The van der Waals surface area contributed by atoms with E-state index in [4.69, 9.17) is 0 Å². The third kappa shape index (κ3) is 4.05. The Bertz CT molecular complexity index is 620. The largest absolute Gasteiger partial charge is 0.385 e. The smallest absolute Gasteiger partial charge is 0.251 e. The summed E-state index contributed by atoms with van der Waals surface area (Å²) in [5, 5.41) is 10.3. The third-order valence-electron chi connectivity index (χ3n) is 3.13. The van der Waals surface area contributed by atoms with E-state index in [2.05, 4.69) is 20.7 Å². The van der Waals surface area contributed by atoms with Crippen LogP contribution in [0.2, 0.25) is 0 Å². The molecule has 1 aromatic carbocycles. The molecule has 2 aromatic rings. The quantitative estimate of drug-likeness (QED) is 0.845. The van der Waals surface area contributed by atoms with Crippen molar-refractivity contribution in [3.8, 4) is 0 Å². The summed E-state index contributed by atoms with van der Waals surface area (Å²) in [4.78, 5) is 16.3. The summed E-state index contributed by atoms with van der Waals surface area (Å²) in [6.07, 6.45) is 2.28. The molecule has 2 N–H and O–H groups in total. The van der Waals surface area contributed by atoms with Gasteiger partial charge in [-0.2, -0.15) is 5.10 Å². The van der Waals surface area contributed by atoms with Gasteiger partial charge < -0.3 is 10.6 Å². The van der Waals surface area contributed by atoms with Crippen molar-refractivity contribution in [3.05, 3.63) is 41.5 Å². The van der Waals surface area contributed by atoms with Crippen LogP contribution in [-0.4, -0.2) is 33.8 Å². The second-order valence-electron chi connectivity index (χ2n) is 4.90. The summed E-state index contributed by atoms with van der Waals surface area (Å²) in [7, 11) is 1.82. The van der Waals surface area contributed by atoms with E-state index >= 15 is 0 Å². The van der Waals surface area contributed by atoms with Gasteiger partial charge in [0.1, 0.15) is 6.33 Å². The molecule has 2 rings (SSSR count). The minimum atomic E-state index is -0.0634. The molecule has 21 heavy (non-hydrogen) atoms. The van der Waals surface area contributed by atoms with Gasteiger partial charge in [-0.15, -0.1) is 0 Å². The first-order chi connectivity index (χ1) is 10.1. The van der Waals surface area contributed by atoms with Crippen LogP contribution >= 0.6 is 0 Å². The van der Waals surface area contributed by atoms with Crippen molar-refractivity contribution in [1.29, 1.82) is 0 Å². The van der Waals surface area contributed by atoms with Gasteiger partial charge in [-0.05, 0) is 37.6 Å². The number of aryl methyl sites for hydroxylation is 2. The maximum atomic E-state index is 12.2. The van der Waals surface area contributed by atoms with Gasteiger partial charge in [0.2, 0.25) is 0 Å².